The number of nitrogens with zero attached hydrogens (tertiary/aromatic N) is 2. The van der Waals surface area contributed by atoms with Gasteiger partial charge < -0.3 is 19.9 Å². The average Bonchev–Trinajstić information content (AvgIpc) is 3.48. The average molecular weight is 458 g/mol. The van der Waals surface area contributed by atoms with Crippen LogP contribution in [0.25, 0.3) is 0 Å². The van der Waals surface area contributed by atoms with Crippen LogP contribution in [-0.4, -0.2) is 64.4 Å². The molecule has 4 rings (SSSR count). The number of carbonyl (C=O) groups is 5. The minimum absolute atomic E-state index is 0.0312. The summed E-state index contributed by atoms with van der Waals surface area (Å²) in [4.78, 5) is 64.7. The van der Waals surface area contributed by atoms with E-state index in [0.29, 0.717) is 24.9 Å². The lowest BCUT2D eigenvalue weighted by atomic mass is 9.94. The second kappa shape index (κ2) is 9.03. The molecule has 1 unspecified atom stereocenters. The molecule has 0 bridgehead atoms. The molecular formula is C24H28FN3O5. The Morgan fingerprint density at radius 2 is 1.97 bits per heavy atom. The molecule has 1 aromatic rings. The Morgan fingerprint density at radius 3 is 2.67 bits per heavy atom. The lowest BCUT2D eigenvalue weighted by molar-refractivity contribution is -0.137. The number of aldehydes is 1. The van der Waals surface area contributed by atoms with Crippen LogP contribution >= 0.6 is 0 Å². The summed E-state index contributed by atoms with van der Waals surface area (Å²) in [7, 11) is 0. The molecule has 176 valence electrons. The summed E-state index contributed by atoms with van der Waals surface area (Å²) in [5.41, 5.74) is 2.40. The third-order valence-electron chi connectivity index (χ3n) is 6.78. The number of likely N-dealkylation sites (tertiary alicyclic amines) is 1. The van der Waals surface area contributed by atoms with Crippen molar-refractivity contribution in [3.05, 3.63) is 34.9 Å². The van der Waals surface area contributed by atoms with Crippen molar-refractivity contribution in [2.24, 2.45) is 11.8 Å². The van der Waals surface area contributed by atoms with E-state index in [1.165, 1.54) is 4.90 Å². The molecule has 1 N–H and O–H groups in total. The second-order valence-electron chi connectivity index (χ2n) is 9.44. The van der Waals surface area contributed by atoms with E-state index in [-0.39, 0.29) is 43.4 Å². The zero-order valence-corrected chi connectivity index (χ0v) is 18.8. The SMILES string of the molecule is CC(C)C(=O)c1cccc2c1CN(C(=O)C[C@@H]1C[C@@H](C(=O)N3CC(F)C[C@H]3C=O)NC1=O)C2. The van der Waals surface area contributed by atoms with Gasteiger partial charge in [0.1, 0.15) is 18.5 Å². The number of nitrogens with one attached hydrogen (secondary N) is 1. The highest BCUT2D eigenvalue weighted by Gasteiger charge is 2.44. The third kappa shape index (κ3) is 4.41. The summed E-state index contributed by atoms with van der Waals surface area (Å²) in [5, 5.41) is 2.61. The Morgan fingerprint density at radius 1 is 1.21 bits per heavy atom. The number of rotatable bonds is 6. The van der Waals surface area contributed by atoms with Crippen molar-refractivity contribution in [3.8, 4) is 0 Å². The molecule has 3 amide bonds. The molecule has 33 heavy (non-hydrogen) atoms. The van der Waals surface area contributed by atoms with Gasteiger partial charge in [-0.05, 0) is 17.5 Å². The number of hydrogen-bond donors (Lipinski definition) is 1. The molecule has 4 atom stereocenters. The summed E-state index contributed by atoms with van der Waals surface area (Å²) in [6.45, 7) is 4.19. The highest BCUT2D eigenvalue weighted by Crippen LogP contribution is 2.30. The summed E-state index contributed by atoms with van der Waals surface area (Å²) < 4.78 is 13.7. The molecule has 0 aromatic heterocycles. The smallest absolute Gasteiger partial charge is 0.245 e. The topological polar surface area (TPSA) is 104 Å². The van der Waals surface area contributed by atoms with Gasteiger partial charge in [0.25, 0.3) is 0 Å². The highest BCUT2D eigenvalue weighted by atomic mass is 19.1. The number of ketones is 1. The fraction of sp³-hybridized carbons (Fsp3) is 0.542. The maximum Gasteiger partial charge on any atom is 0.245 e. The Bertz CT molecular complexity index is 1010. The normalized spacial score (nSPS) is 26.5. The number of alkyl halides is 1. The number of benzene rings is 1. The van der Waals surface area contributed by atoms with Crippen molar-refractivity contribution in [1.82, 2.24) is 15.1 Å². The fourth-order valence-corrected chi connectivity index (χ4v) is 4.95. The van der Waals surface area contributed by atoms with E-state index < -0.39 is 36.0 Å². The van der Waals surface area contributed by atoms with Crippen LogP contribution in [-0.2, 0) is 32.3 Å². The van der Waals surface area contributed by atoms with E-state index in [1.807, 2.05) is 26.0 Å². The van der Waals surface area contributed by atoms with Crippen molar-refractivity contribution in [2.75, 3.05) is 6.54 Å². The summed E-state index contributed by atoms with van der Waals surface area (Å²) in [5.74, 6) is -1.90. The Hall–Kier alpha value is -3.10. The standard InChI is InChI=1S/C24H28FN3O5/c1-13(2)22(31)18-5-3-4-14-9-27(11-19(14)18)21(30)7-15-6-20(26-23(15)32)24(33)28-10-16(25)8-17(28)12-29/h3-5,12-13,15-17,20H,6-11H2,1-2H3,(H,26,32)/t15-,16?,17-,20-/m0/s1. The van der Waals surface area contributed by atoms with Gasteiger partial charge in [0.15, 0.2) is 5.78 Å². The maximum absolute atomic E-state index is 13.7. The molecule has 2 fully saturated rings. The van der Waals surface area contributed by atoms with E-state index in [9.17, 15) is 28.4 Å². The summed E-state index contributed by atoms with van der Waals surface area (Å²) in [6.07, 6.45) is -0.670. The third-order valence-corrected chi connectivity index (χ3v) is 6.78. The molecule has 9 heteroatoms. The molecule has 8 nitrogen and oxygen atoms in total. The van der Waals surface area contributed by atoms with Gasteiger partial charge in [0, 0.05) is 43.3 Å². The van der Waals surface area contributed by atoms with E-state index in [1.54, 1.807) is 11.0 Å². The first-order chi connectivity index (χ1) is 15.7. The van der Waals surface area contributed by atoms with Crippen LogP contribution < -0.4 is 5.32 Å². The molecule has 0 spiro atoms. The van der Waals surface area contributed by atoms with E-state index in [0.717, 1.165) is 11.1 Å². The van der Waals surface area contributed by atoms with Gasteiger partial charge in [-0.25, -0.2) is 4.39 Å². The first kappa shape index (κ1) is 23.1. The van der Waals surface area contributed by atoms with Gasteiger partial charge in [-0.2, -0.15) is 0 Å². The fourth-order valence-electron chi connectivity index (χ4n) is 4.95. The molecule has 3 aliphatic rings. The molecule has 1 aromatic carbocycles. The van der Waals surface area contributed by atoms with Crippen LogP contribution in [0.1, 0.15) is 54.6 Å². The van der Waals surface area contributed by atoms with Gasteiger partial charge >= 0.3 is 0 Å². The van der Waals surface area contributed by atoms with Gasteiger partial charge in [0.05, 0.1) is 12.6 Å². The van der Waals surface area contributed by atoms with Crippen molar-refractivity contribution in [2.45, 2.75) is 64.5 Å². The molecule has 3 aliphatic heterocycles. The summed E-state index contributed by atoms with van der Waals surface area (Å²) >= 11 is 0. The van der Waals surface area contributed by atoms with Gasteiger partial charge in [0.2, 0.25) is 17.7 Å². The van der Waals surface area contributed by atoms with Crippen LogP contribution in [0.3, 0.4) is 0 Å². The number of fused-ring (bicyclic) bond motifs is 1. The predicted octanol–water partition coefficient (Wildman–Crippen LogP) is 1.40. The number of carbonyl (C=O) groups excluding carboxylic acids is 5. The molecule has 0 aliphatic carbocycles. The Kier molecular flexibility index (Phi) is 6.32. The van der Waals surface area contributed by atoms with E-state index in [4.69, 9.17) is 0 Å². The lowest BCUT2D eigenvalue weighted by Gasteiger charge is -2.23. The van der Waals surface area contributed by atoms with Crippen molar-refractivity contribution in [1.29, 1.82) is 0 Å². The summed E-state index contributed by atoms with van der Waals surface area (Å²) in [6, 6.07) is 3.80. The number of Topliss-reactive ketones (excluding diaryl/α,β-unsaturated/α-hetero) is 1. The first-order valence-corrected chi connectivity index (χ1v) is 11.3. The minimum Gasteiger partial charge on any atom is -0.344 e. The number of halogens is 1. The first-order valence-electron chi connectivity index (χ1n) is 11.3. The van der Waals surface area contributed by atoms with Crippen molar-refractivity contribution >= 4 is 29.8 Å². The minimum atomic E-state index is -1.26. The molecule has 2 saturated heterocycles. The predicted molar refractivity (Wildman–Crippen MR) is 116 cm³/mol. The largest absolute Gasteiger partial charge is 0.344 e. The Labute approximate surface area is 191 Å². The van der Waals surface area contributed by atoms with Crippen molar-refractivity contribution < 1.29 is 28.4 Å². The molecular weight excluding hydrogens is 429 g/mol. The molecule has 3 heterocycles. The van der Waals surface area contributed by atoms with Crippen LogP contribution in [0.2, 0.25) is 0 Å². The highest BCUT2D eigenvalue weighted by molar-refractivity contribution is 5.99. The van der Waals surface area contributed by atoms with Crippen LogP contribution in [0, 0.1) is 11.8 Å². The number of amides is 3. The van der Waals surface area contributed by atoms with Gasteiger partial charge in [-0.1, -0.05) is 32.0 Å². The van der Waals surface area contributed by atoms with Crippen LogP contribution in [0.15, 0.2) is 18.2 Å². The zero-order valence-electron chi connectivity index (χ0n) is 18.8. The van der Waals surface area contributed by atoms with Gasteiger partial charge in [-0.3, -0.25) is 19.2 Å². The second-order valence-corrected chi connectivity index (χ2v) is 9.44. The quantitative estimate of drug-likeness (QED) is 0.514. The lowest BCUT2D eigenvalue weighted by Crippen LogP contribution is -2.47. The van der Waals surface area contributed by atoms with Gasteiger partial charge in [-0.15, -0.1) is 0 Å². The van der Waals surface area contributed by atoms with Crippen LogP contribution in [0.4, 0.5) is 4.39 Å². The monoisotopic (exact) mass is 457 g/mol. The van der Waals surface area contributed by atoms with E-state index in [2.05, 4.69) is 5.32 Å². The zero-order chi connectivity index (χ0) is 23.9. The van der Waals surface area contributed by atoms with Crippen molar-refractivity contribution in [3.63, 3.8) is 0 Å². The molecule has 0 saturated carbocycles. The molecule has 0 radical (unpaired) electrons. The van der Waals surface area contributed by atoms with E-state index >= 15 is 0 Å². The Balaban J connectivity index is 1.39. The maximum atomic E-state index is 13.7. The number of hydrogen-bond acceptors (Lipinski definition) is 5. The van der Waals surface area contributed by atoms with Crippen LogP contribution in [0.5, 0.6) is 0 Å².